The van der Waals surface area contributed by atoms with Crippen LogP contribution in [0.5, 0.6) is 5.75 Å². The van der Waals surface area contributed by atoms with Crippen LogP contribution in [0.4, 0.5) is 0 Å². The summed E-state index contributed by atoms with van der Waals surface area (Å²) in [4.78, 5) is 0. The summed E-state index contributed by atoms with van der Waals surface area (Å²) in [5.41, 5.74) is 1.23. The van der Waals surface area contributed by atoms with E-state index >= 15 is 0 Å². The lowest BCUT2D eigenvalue weighted by atomic mass is 9.95. The predicted molar refractivity (Wildman–Crippen MR) is 69.4 cm³/mol. The molecule has 0 aliphatic carbocycles. The van der Waals surface area contributed by atoms with E-state index in [1.54, 1.807) is 0 Å². The zero-order valence-corrected chi connectivity index (χ0v) is 11.2. The van der Waals surface area contributed by atoms with Crippen molar-refractivity contribution in [3.63, 3.8) is 0 Å². The van der Waals surface area contributed by atoms with E-state index in [1.165, 1.54) is 0 Å². The highest BCUT2D eigenvalue weighted by Crippen LogP contribution is 2.24. The van der Waals surface area contributed by atoms with Gasteiger partial charge in [0.1, 0.15) is 5.75 Å². The smallest absolute Gasteiger partial charge is 0.123 e. The molecule has 1 aromatic carbocycles. The van der Waals surface area contributed by atoms with E-state index in [9.17, 15) is 0 Å². The molecule has 90 valence electrons. The minimum absolute atomic E-state index is 0.115. The largest absolute Gasteiger partial charge is 0.493 e. The summed E-state index contributed by atoms with van der Waals surface area (Å²) in [6, 6.07) is 5.72. The molecule has 0 spiro atoms. The van der Waals surface area contributed by atoms with Gasteiger partial charge in [0.2, 0.25) is 0 Å². The molecular formula is C13H20ClNO. The maximum Gasteiger partial charge on any atom is 0.123 e. The fourth-order valence-electron chi connectivity index (χ4n) is 1.53. The summed E-state index contributed by atoms with van der Waals surface area (Å²) in [7, 11) is 1.95. The second-order valence-corrected chi connectivity index (χ2v) is 5.33. The lowest BCUT2D eigenvalue weighted by molar-refractivity contribution is 0.178. The Bertz CT molecular complexity index is 350. The van der Waals surface area contributed by atoms with Crippen LogP contribution in [0.2, 0.25) is 5.02 Å². The number of halogens is 1. The molecule has 16 heavy (non-hydrogen) atoms. The molecule has 0 fully saturated rings. The van der Waals surface area contributed by atoms with Gasteiger partial charge in [0.05, 0.1) is 6.61 Å². The van der Waals surface area contributed by atoms with Gasteiger partial charge in [-0.2, -0.15) is 0 Å². The number of hydrogen-bond donors (Lipinski definition) is 1. The monoisotopic (exact) mass is 241 g/mol. The summed E-state index contributed by atoms with van der Waals surface area (Å²) >= 11 is 5.94. The first-order valence-corrected chi connectivity index (χ1v) is 5.86. The summed E-state index contributed by atoms with van der Waals surface area (Å²) in [5, 5.41) is 3.88. The normalized spacial score (nSPS) is 11.6. The van der Waals surface area contributed by atoms with Crippen molar-refractivity contribution < 1.29 is 4.74 Å². The van der Waals surface area contributed by atoms with Crippen molar-refractivity contribution in [1.82, 2.24) is 5.32 Å². The summed E-state index contributed by atoms with van der Waals surface area (Å²) < 4.78 is 5.81. The van der Waals surface area contributed by atoms with Gasteiger partial charge in [-0.05, 0) is 31.7 Å². The van der Waals surface area contributed by atoms with Crippen molar-refractivity contribution in [3.05, 3.63) is 28.8 Å². The Kier molecular flexibility index (Phi) is 4.63. The second-order valence-electron chi connectivity index (χ2n) is 4.89. The first kappa shape index (κ1) is 13.3. The second kappa shape index (κ2) is 5.55. The third-order valence-corrected chi connectivity index (χ3v) is 2.66. The summed E-state index contributed by atoms with van der Waals surface area (Å²) in [5.74, 6) is 0.872. The van der Waals surface area contributed by atoms with Crippen LogP contribution in [0.1, 0.15) is 19.4 Å². The van der Waals surface area contributed by atoms with E-state index in [0.29, 0.717) is 11.6 Å². The van der Waals surface area contributed by atoms with Crippen LogP contribution < -0.4 is 10.1 Å². The van der Waals surface area contributed by atoms with Crippen LogP contribution >= 0.6 is 11.6 Å². The SMILES string of the molecule is CNCC(C)(C)COc1cc(Cl)ccc1C. The lowest BCUT2D eigenvalue weighted by Gasteiger charge is -2.24. The average Bonchev–Trinajstić information content (AvgIpc) is 2.19. The van der Waals surface area contributed by atoms with Crippen molar-refractivity contribution >= 4 is 11.6 Å². The van der Waals surface area contributed by atoms with Crippen molar-refractivity contribution in [2.24, 2.45) is 5.41 Å². The van der Waals surface area contributed by atoms with E-state index in [-0.39, 0.29) is 5.41 Å². The molecule has 1 aromatic rings. The Labute approximate surface area is 103 Å². The van der Waals surface area contributed by atoms with Crippen molar-refractivity contribution in [2.75, 3.05) is 20.2 Å². The molecule has 0 heterocycles. The molecule has 3 heteroatoms. The molecule has 2 nitrogen and oxygen atoms in total. The first-order valence-electron chi connectivity index (χ1n) is 5.48. The van der Waals surface area contributed by atoms with E-state index in [1.807, 2.05) is 32.2 Å². The minimum atomic E-state index is 0.115. The van der Waals surface area contributed by atoms with E-state index in [0.717, 1.165) is 17.9 Å². The van der Waals surface area contributed by atoms with Crippen LogP contribution in [0.15, 0.2) is 18.2 Å². The van der Waals surface area contributed by atoms with Gasteiger partial charge in [-0.15, -0.1) is 0 Å². The van der Waals surface area contributed by atoms with Gasteiger partial charge in [0.25, 0.3) is 0 Å². The van der Waals surface area contributed by atoms with E-state index < -0.39 is 0 Å². The Morgan fingerprint density at radius 3 is 2.69 bits per heavy atom. The molecular weight excluding hydrogens is 222 g/mol. The van der Waals surface area contributed by atoms with Gasteiger partial charge in [-0.25, -0.2) is 0 Å². The number of ether oxygens (including phenoxy) is 1. The molecule has 0 aliphatic heterocycles. The molecule has 0 radical (unpaired) electrons. The highest BCUT2D eigenvalue weighted by atomic mass is 35.5. The fraction of sp³-hybridized carbons (Fsp3) is 0.538. The molecule has 0 aromatic heterocycles. The number of hydrogen-bond acceptors (Lipinski definition) is 2. The fourth-order valence-corrected chi connectivity index (χ4v) is 1.69. The van der Waals surface area contributed by atoms with Crippen molar-refractivity contribution in [1.29, 1.82) is 0 Å². The van der Waals surface area contributed by atoms with Gasteiger partial charge in [0.15, 0.2) is 0 Å². The molecule has 0 bridgehead atoms. The summed E-state index contributed by atoms with van der Waals surface area (Å²) in [6.45, 7) is 7.96. The molecule has 0 amide bonds. The molecule has 0 unspecified atom stereocenters. The predicted octanol–water partition coefficient (Wildman–Crippen LogP) is 3.27. The number of rotatable bonds is 5. The summed E-state index contributed by atoms with van der Waals surface area (Å²) in [6.07, 6.45) is 0. The zero-order chi connectivity index (χ0) is 12.2. The minimum Gasteiger partial charge on any atom is -0.493 e. The molecule has 0 saturated carbocycles. The first-order chi connectivity index (χ1) is 7.44. The maximum absolute atomic E-state index is 5.94. The Morgan fingerprint density at radius 2 is 2.06 bits per heavy atom. The van der Waals surface area contributed by atoms with Gasteiger partial charge in [-0.3, -0.25) is 0 Å². The third-order valence-electron chi connectivity index (χ3n) is 2.42. The average molecular weight is 242 g/mol. The Hall–Kier alpha value is -0.730. The maximum atomic E-state index is 5.94. The molecule has 1 rings (SSSR count). The van der Waals surface area contributed by atoms with Crippen LogP contribution in [0.3, 0.4) is 0 Å². The Morgan fingerprint density at radius 1 is 1.38 bits per heavy atom. The third kappa shape index (κ3) is 4.03. The Balaban J connectivity index is 2.63. The van der Waals surface area contributed by atoms with Crippen LogP contribution in [-0.4, -0.2) is 20.2 Å². The van der Waals surface area contributed by atoms with Crippen molar-refractivity contribution in [3.8, 4) is 5.75 Å². The highest BCUT2D eigenvalue weighted by molar-refractivity contribution is 6.30. The molecule has 1 N–H and O–H groups in total. The van der Waals surface area contributed by atoms with Crippen molar-refractivity contribution in [2.45, 2.75) is 20.8 Å². The van der Waals surface area contributed by atoms with Gasteiger partial charge in [-0.1, -0.05) is 31.5 Å². The molecule has 0 atom stereocenters. The van der Waals surface area contributed by atoms with Crippen LogP contribution in [0, 0.1) is 12.3 Å². The van der Waals surface area contributed by atoms with Crippen LogP contribution in [0.25, 0.3) is 0 Å². The van der Waals surface area contributed by atoms with E-state index in [4.69, 9.17) is 16.3 Å². The standard InChI is InChI=1S/C13H20ClNO/c1-10-5-6-11(14)7-12(10)16-9-13(2,3)8-15-4/h5-7,15H,8-9H2,1-4H3. The molecule has 0 saturated heterocycles. The number of nitrogens with one attached hydrogen (secondary N) is 1. The van der Waals surface area contributed by atoms with Gasteiger partial charge in [0, 0.05) is 17.0 Å². The van der Waals surface area contributed by atoms with E-state index in [2.05, 4.69) is 19.2 Å². The molecule has 0 aliphatic rings. The van der Waals surface area contributed by atoms with Crippen LogP contribution in [-0.2, 0) is 0 Å². The van der Waals surface area contributed by atoms with Gasteiger partial charge >= 0.3 is 0 Å². The van der Waals surface area contributed by atoms with Gasteiger partial charge < -0.3 is 10.1 Å². The topological polar surface area (TPSA) is 21.3 Å². The quantitative estimate of drug-likeness (QED) is 0.854. The zero-order valence-electron chi connectivity index (χ0n) is 10.4. The number of aryl methyl sites for hydroxylation is 1. The number of benzene rings is 1. The highest BCUT2D eigenvalue weighted by Gasteiger charge is 2.18. The lowest BCUT2D eigenvalue weighted by Crippen LogP contribution is -2.32.